The molecule has 0 spiro atoms. The molecule has 0 bridgehead atoms. The predicted octanol–water partition coefficient (Wildman–Crippen LogP) is 1.26. The summed E-state index contributed by atoms with van der Waals surface area (Å²) in [7, 11) is 2.10. The molecule has 64 valence electrons. The number of anilines is 2. The molecule has 0 atom stereocenters. The van der Waals surface area contributed by atoms with Crippen molar-refractivity contribution in [2.45, 2.75) is 18.9 Å². The van der Waals surface area contributed by atoms with Gasteiger partial charge in [0.2, 0.25) is 0 Å². The monoisotopic (exact) mass is 163 g/mol. The average molecular weight is 163 g/mol. The summed E-state index contributed by atoms with van der Waals surface area (Å²) < 4.78 is 0. The molecule has 0 unspecified atom stereocenters. The highest BCUT2D eigenvalue weighted by molar-refractivity contribution is 5.52. The second-order valence-corrected chi connectivity index (χ2v) is 3.28. The molecule has 1 saturated carbocycles. The molecule has 1 fully saturated rings. The predicted molar refractivity (Wildman–Crippen MR) is 50.1 cm³/mol. The van der Waals surface area contributed by atoms with E-state index in [0.717, 1.165) is 6.04 Å². The molecule has 0 aromatic carbocycles. The Kier molecular flexibility index (Phi) is 1.64. The van der Waals surface area contributed by atoms with Crippen LogP contribution >= 0.6 is 0 Å². The molecule has 1 heterocycles. The second-order valence-electron chi connectivity index (χ2n) is 3.28. The van der Waals surface area contributed by atoms with Crippen molar-refractivity contribution < 1.29 is 0 Å². The molecule has 0 aliphatic heterocycles. The Morgan fingerprint density at radius 1 is 1.58 bits per heavy atom. The van der Waals surface area contributed by atoms with Gasteiger partial charge in [-0.25, -0.2) is 4.98 Å². The van der Waals surface area contributed by atoms with Crippen molar-refractivity contribution in [2.24, 2.45) is 0 Å². The van der Waals surface area contributed by atoms with Gasteiger partial charge in [0, 0.05) is 31.0 Å². The number of hydrogen-bond acceptors (Lipinski definition) is 3. The number of nitrogen functional groups attached to an aromatic ring is 1. The minimum Gasteiger partial charge on any atom is -0.384 e. The third-order valence-corrected chi connectivity index (χ3v) is 2.27. The summed E-state index contributed by atoms with van der Waals surface area (Å²) in [5.74, 6) is 0.597. The van der Waals surface area contributed by atoms with Crippen molar-refractivity contribution in [3.05, 3.63) is 18.3 Å². The molecular formula is C9H13N3. The van der Waals surface area contributed by atoms with E-state index in [9.17, 15) is 0 Å². The lowest BCUT2D eigenvalue weighted by Crippen LogP contribution is -2.19. The topological polar surface area (TPSA) is 42.2 Å². The summed E-state index contributed by atoms with van der Waals surface area (Å²) in [5.41, 5.74) is 6.75. The van der Waals surface area contributed by atoms with Gasteiger partial charge in [0.15, 0.2) is 0 Å². The fourth-order valence-corrected chi connectivity index (χ4v) is 1.33. The third kappa shape index (κ3) is 1.35. The summed E-state index contributed by atoms with van der Waals surface area (Å²) in [4.78, 5) is 6.22. The van der Waals surface area contributed by atoms with Crippen molar-refractivity contribution in [1.82, 2.24) is 4.98 Å². The minimum absolute atomic E-state index is 0.597. The lowest BCUT2D eigenvalue weighted by atomic mass is 10.3. The van der Waals surface area contributed by atoms with Crippen molar-refractivity contribution in [3.8, 4) is 0 Å². The van der Waals surface area contributed by atoms with Crippen LogP contribution in [0, 0.1) is 0 Å². The van der Waals surface area contributed by atoms with E-state index in [4.69, 9.17) is 5.73 Å². The van der Waals surface area contributed by atoms with Gasteiger partial charge in [-0.15, -0.1) is 0 Å². The Bertz CT molecular complexity index is 281. The molecule has 2 rings (SSSR count). The van der Waals surface area contributed by atoms with Crippen molar-refractivity contribution in [3.63, 3.8) is 0 Å². The van der Waals surface area contributed by atoms with Gasteiger partial charge in [-0.1, -0.05) is 0 Å². The highest BCUT2D eigenvalue weighted by Crippen LogP contribution is 2.30. The molecule has 12 heavy (non-hydrogen) atoms. The summed E-state index contributed by atoms with van der Waals surface area (Å²) in [6, 6.07) is 4.64. The quantitative estimate of drug-likeness (QED) is 0.713. The van der Waals surface area contributed by atoms with Crippen LogP contribution in [0.15, 0.2) is 18.3 Å². The van der Waals surface area contributed by atoms with Gasteiger partial charge in [-0.3, -0.25) is 0 Å². The maximum Gasteiger partial charge on any atom is 0.125 e. The van der Waals surface area contributed by atoms with Crippen LogP contribution in [0.1, 0.15) is 12.8 Å². The van der Waals surface area contributed by atoms with Crippen LogP contribution in [0.4, 0.5) is 11.5 Å². The zero-order valence-electron chi connectivity index (χ0n) is 7.20. The first-order valence-electron chi connectivity index (χ1n) is 4.22. The first kappa shape index (κ1) is 7.40. The van der Waals surface area contributed by atoms with Gasteiger partial charge in [0.05, 0.1) is 0 Å². The Balaban J connectivity index is 2.20. The van der Waals surface area contributed by atoms with E-state index in [1.54, 1.807) is 6.20 Å². The zero-order chi connectivity index (χ0) is 8.55. The van der Waals surface area contributed by atoms with Gasteiger partial charge in [0.1, 0.15) is 5.82 Å². The lowest BCUT2D eigenvalue weighted by molar-refractivity contribution is 0.915. The van der Waals surface area contributed by atoms with E-state index >= 15 is 0 Å². The standard InChI is InChI=1S/C9H13N3/c1-12(7-2-3-7)8-4-5-11-9(10)6-8/h4-7H,2-3H2,1H3,(H2,10,11). The van der Waals surface area contributed by atoms with Gasteiger partial charge in [-0.05, 0) is 18.9 Å². The summed E-state index contributed by atoms with van der Waals surface area (Å²) in [6.45, 7) is 0. The normalized spacial score (nSPS) is 16.1. The second kappa shape index (κ2) is 2.66. The molecule has 3 heteroatoms. The minimum atomic E-state index is 0.597. The van der Waals surface area contributed by atoms with E-state index in [1.165, 1.54) is 18.5 Å². The van der Waals surface area contributed by atoms with Crippen LogP contribution in [0.2, 0.25) is 0 Å². The molecule has 2 N–H and O–H groups in total. The summed E-state index contributed by atoms with van der Waals surface area (Å²) >= 11 is 0. The average Bonchev–Trinajstić information content (AvgIpc) is 2.85. The van der Waals surface area contributed by atoms with Gasteiger partial charge in [0.25, 0.3) is 0 Å². The number of aromatic nitrogens is 1. The zero-order valence-corrected chi connectivity index (χ0v) is 7.20. The number of pyridine rings is 1. The molecular weight excluding hydrogens is 150 g/mol. The molecule has 1 aromatic rings. The Morgan fingerprint density at radius 2 is 2.33 bits per heavy atom. The van der Waals surface area contributed by atoms with Crippen LogP contribution in [0.25, 0.3) is 0 Å². The number of nitrogens with zero attached hydrogens (tertiary/aromatic N) is 2. The largest absolute Gasteiger partial charge is 0.384 e. The first-order chi connectivity index (χ1) is 5.77. The molecule has 0 amide bonds. The number of rotatable bonds is 2. The molecule has 0 radical (unpaired) electrons. The molecule has 1 aliphatic rings. The van der Waals surface area contributed by atoms with Gasteiger partial charge < -0.3 is 10.6 Å². The van der Waals surface area contributed by atoms with E-state index in [2.05, 4.69) is 16.9 Å². The molecule has 0 saturated heterocycles. The van der Waals surface area contributed by atoms with Gasteiger partial charge in [-0.2, -0.15) is 0 Å². The number of nitrogens with two attached hydrogens (primary N) is 1. The maximum absolute atomic E-state index is 5.58. The van der Waals surface area contributed by atoms with Gasteiger partial charge >= 0.3 is 0 Å². The third-order valence-electron chi connectivity index (χ3n) is 2.27. The first-order valence-corrected chi connectivity index (χ1v) is 4.22. The van der Waals surface area contributed by atoms with E-state index in [0.29, 0.717) is 5.82 Å². The van der Waals surface area contributed by atoms with Crippen LogP contribution in [0.3, 0.4) is 0 Å². The Labute approximate surface area is 72.2 Å². The van der Waals surface area contributed by atoms with Crippen molar-refractivity contribution in [1.29, 1.82) is 0 Å². The van der Waals surface area contributed by atoms with Crippen LogP contribution < -0.4 is 10.6 Å². The van der Waals surface area contributed by atoms with Crippen molar-refractivity contribution in [2.75, 3.05) is 17.7 Å². The summed E-state index contributed by atoms with van der Waals surface area (Å²) in [5, 5.41) is 0. The fraction of sp³-hybridized carbons (Fsp3) is 0.444. The van der Waals surface area contributed by atoms with Crippen LogP contribution in [0.5, 0.6) is 0 Å². The highest BCUT2D eigenvalue weighted by atomic mass is 15.2. The Morgan fingerprint density at radius 3 is 2.92 bits per heavy atom. The molecule has 3 nitrogen and oxygen atoms in total. The summed E-state index contributed by atoms with van der Waals surface area (Å²) in [6.07, 6.45) is 4.36. The number of hydrogen-bond donors (Lipinski definition) is 1. The maximum atomic E-state index is 5.58. The van der Waals surface area contributed by atoms with Crippen LogP contribution in [-0.2, 0) is 0 Å². The molecule has 1 aliphatic carbocycles. The van der Waals surface area contributed by atoms with Crippen LogP contribution in [-0.4, -0.2) is 18.1 Å². The van der Waals surface area contributed by atoms with E-state index < -0.39 is 0 Å². The lowest BCUT2D eigenvalue weighted by Gasteiger charge is -2.18. The molecule has 1 aromatic heterocycles. The SMILES string of the molecule is CN(c1ccnc(N)c1)C1CC1. The smallest absolute Gasteiger partial charge is 0.125 e. The van der Waals surface area contributed by atoms with E-state index in [1.807, 2.05) is 12.1 Å². The Hall–Kier alpha value is -1.25. The fourth-order valence-electron chi connectivity index (χ4n) is 1.33. The highest BCUT2D eigenvalue weighted by Gasteiger charge is 2.26. The van der Waals surface area contributed by atoms with E-state index in [-0.39, 0.29) is 0 Å². The van der Waals surface area contributed by atoms with Crippen molar-refractivity contribution >= 4 is 11.5 Å².